The minimum Gasteiger partial charge on any atom is -0.497 e. The fraction of sp³-hybridized carbons (Fsp3) is 0.684. The molecule has 1 N–H and O–H groups in total. The van der Waals surface area contributed by atoms with Gasteiger partial charge < -0.3 is 19.3 Å². The molecule has 3 atom stereocenters. The summed E-state index contributed by atoms with van der Waals surface area (Å²) in [6.45, 7) is 3.20. The fourth-order valence-corrected chi connectivity index (χ4v) is 3.80. The van der Waals surface area contributed by atoms with Crippen LogP contribution in [0.2, 0.25) is 0 Å². The highest BCUT2D eigenvalue weighted by molar-refractivity contribution is 5.27. The third-order valence-electron chi connectivity index (χ3n) is 5.01. The molecule has 1 saturated carbocycles. The maximum Gasteiger partial charge on any atom is 0.119 e. The first-order valence-corrected chi connectivity index (χ1v) is 9.00. The third-order valence-corrected chi connectivity index (χ3v) is 5.01. The van der Waals surface area contributed by atoms with E-state index in [9.17, 15) is 5.11 Å². The predicted octanol–water partition coefficient (Wildman–Crippen LogP) is 2.22. The Hall–Kier alpha value is -1.14. The van der Waals surface area contributed by atoms with Crippen LogP contribution in [0.15, 0.2) is 24.3 Å². The molecular weight excluding hydrogens is 306 g/mol. The lowest BCUT2D eigenvalue weighted by atomic mass is 9.90. The Labute approximate surface area is 144 Å². The van der Waals surface area contributed by atoms with Gasteiger partial charge in [-0.05, 0) is 30.5 Å². The lowest BCUT2D eigenvalue weighted by Crippen LogP contribution is -2.54. The Morgan fingerprint density at radius 2 is 2.21 bits per heavy atom. The standard InChI is InChI=1S/C19H29NO4/c1-22-17-6-4-5-15(11-17)13-23-14-16(21)12-20-9-10-24-19-8-3-2-7-18(19)20/h4-6,11,16,18-19,21H,2-3,7-10,12-14H2,1H3/t16-,18+,19+/m1/s1. The number of benzene rings is 1. The number of methoxy groups -OCH3 is 1. The minimum atomic E-state index is -0.462. The van der Waals surface area contributed by atoms with Gasteiger partial charge in [0.25, 0.3) is 0 Å². The van der Waals surface area contributed by atoms with Crippen molar-refractivity contribution in [2.24, 2.45) is 0 Å². The van der Waals surface area contributed by atoms with Gasteiger partial charge in [0, 0.05) is 19.1 Å². The van der Waals surface area contributed by atoms with E-state index in [4.69, 9.17) is 14.2 Å². The molecule has 5 heteroatoms. The number of aliphatic hydroxyl groups is 1. The van der Waals surface area contributed by atoms with Gasteiger partial charge in [-0.25, -0.2) is 0 Å². The van der Waals surface area contributed by atoms with Crippen LogP contribution in [0.4, 0.5) is 0 Å². The molecule has 24 heavy (non-hydrogen) atoms. The van der Waals surface area contributed by atoms with Crippen LogP contribution < -0.4 is 4.74 Å². The normalized spacial score (nSPS) is 25.9. The van der Waals surface area contributed by atoms with Crippen LogP contribution in [0.25, 0.3) is 0 Å². The SMILES string of the molecule is COc1cccc(COC[C@H](O)CN2CCO[C@H]3CCCC[C@@H]32)c1. The van der Waals surface area contributed by atoms with Crippen molar-refractivity contribution in [3.05, 3.63) is 29.8 Å². The van der Waals surface area contributed by atoms with Crippen LogP contribution in [0, 0.1) is 0 Å². The minimum absolute atomic E-state index is 0.353. The fourth-order valence-electron chi connectivity index (χ4n) is 3.80. The molecule has 3 rings (SSSR count). The largest absolute Gasteiger partial charge is 0.497 e. The van der Waals surface area contributed by atoms with E-state index in [1.54, 1.807) is 7.11 Å². The number of rotatable bonds is 7. The maximum atomic E-state index is 10.3. The summed E-state index contributed by atoms with van der Waals surface area (Å²) in [5.41, 5.74) is 1.06. The van der Waals surface area contributed by atoms with Crippen molar-refractivity contribution in [1.82, 2.24) is 4.90 Å². The molecule has 134 valence electrons. The van der Waals surface area contributed by atoms with Crippen LogP contribution in [0.3, 0.4) is 0 Å². The van der Waals surface area contributed by atoms with E-state index < -0.39 is 6.10 Å². The number of aliphatic hydroxyl groups excluding tert-OH is 1. The van der Waals surface area contributed by atoms with Crippen molar-refractivity contribution in [3.8, 4) is 5.75 Å². The van der Waals surface area contributed by atoms with Crippen molar-refractivity contribution in [2.45, 2.75) is 50.5 Å². The number of nitrogens with zero attached hydrogens (tertiary/aromatic N) is 1. The van der Waals surface area contributed by atoms with Gasteiger partial charge in [-0.2, -0.15) is 0 Å². The molecule has 0 radical (unpaired) electrons. The lowest BCUT2D eigenvalue weighted by molar-refractivity contribution is -0.103. The molecule has 0 aromatic heterocycles. The average molecular weight is 335 g/mol. The molecule has 0 spiro atoms. The molecule has 0 bridgehead atoms. The second kappa shape index (κ2) is 8.81. The molecule has 1 aromatic rings. The number of hydrogen-bond acceptors (Lipinski definition) is 5. The van der Waals surface area contributed by atoms with Crippen molar-refractivity contribution in [3.63, 3.8) is 0 Å². The zero-order valence-corrected chi connectivity index (χ0v) is 14.5. The molecule has 2 fully saturated rings. The van der Waals surface area contributed by atoms with Gasteiger partial charge in [-0.1, -0.05) is 25.0 Å². The Bertz CT molecular complexity index is 508. The summed E-state index contributed by atoms with van der Waals surface area (Å²) in [6.07, 6.45) is 4.77. The van der Waals surface area contributed by atoms with E-state index in [0.29, 0.717) is 31.9 Å². The summed E-state index contributed by atoms with van der Waals surface area (Å²) in [5.74, 6) is 0.827. The monoisotopic (exact) mass is 335 g/mol. The summed E-state index contributed by atoms with van der Waals surface area (Å²) >= 11 is 0. The van der Waals surface area contributed by atoms with Gasteiger partial charge in [0.05, 0.1) is 39.1 Å². The van der Waals surface area contributed by atoms with Gasteiger partial charge in [-0.3, -0.25) is 4.90 Å². The number of morpholine rings is 1. The summed E-state index contributed by atoms with van der Waals surface area (Å²) in [5, 5.41) is 10.3. The molecule has 0 amide bonds. The second-order valence-corrected chi connectivity index (χ2v) is 6.78. The highest BCUT2D eigenvalue weighted by atomic mass is 16.5. The zero-order valence-electron chi connectivity index (χ0n) is 14.5. The quantitative estimate of drug-likeness (QED) is 0.828. The first-order chi connectivity index (χ1) is 11.8. The zero-order chi connectivity index (χ0) is 16.8. The van der Waals surface area contributed by atoms with Gasteiger partial charge in [-0.15, -0.1) is 0 Å². The molecule has 1 aromatic carbocycles. The lowest BCUT2D eigenvalue weighted by Gasteiger charge is -2.44. The molecule has 1 aliphatic carbocycles. The van der Waals surface area contributed by atoms with E-state index >= 15 is 0 Å². The van der Waals surface area contributed by atoms with E-state index in [1.165, 1.54) is 19.3 Å². The Kier molecular flexibility index (Phi) is 6.49. The highest BCUT2D eigenvalue weighted by Gasteiger charge is 2.34. The van der Waals surface area contributed by atoms with Crippen LogP contribution in [0.5, 0.6) is 5.75 Å². The number of fused-ring (bicyclic) bond motifs is 1. The predicted molar refractivity (Wildman–Crippen MR) is 92.2 cm³/mol. The molecule has 1 aliphatic heterocycles. The molecular formula is C19H29NO4. The van der Waals surface area contributed by atoms with E-state index in [-0.39, 0.29) is 0 Å². The van der Waals surface area contributed by atoms with Gasteiger partial charge in [0.2, 0.25) is 0 Å². The molecule has 0 unspecified atom stereocenters. The number of β-amino-alcohol motifs (C(OH)–C–C–N with tert-alkyl or cyclic N) is 1. The Morgan fingerprint density at radius 1 is 1.33 bits per heavy atom. The molecule has 1 saturated heterocycles. The van der Waals surface area contributed by atoms with Crippen molar-refractivity contribution >= 4 is 0 Å². The van der Waals surface area contributed by atoms with Crippen LogP contribution in [-0.4, -0.2) is 61.7 Å². The van der Waals surface area contributed by atoms with Crippen molar-refractivity contribution < 1.29 is 19.3 Å². The molecule has 2 aliphatic rings. The van der Waals surface area contributed by atoms with Crippen LogP contribution in [0.1, 0.15) is 31.2 Å². The van der Waals surface area contributed by atoms with Crippen molar-refractivity contribution in [1.29, 1.82) is 0 Å². The van der Waals surface area contributed by atoms with Crippen LogP contribution in [-0.2, 0) is 16.1 Å². The topological polar surface area (TPSA) is 51.2 Å². The van der Waals surface area contributed by atoms with Crippen molar-refractivity contribution in [2.75, 3.05) is 33.4 Å². The number of hydrogen-bond donors (Lipinski definition) is 1. The second-order valence-electron chi connectivity index (χ2n) is 6.78. The molecule has 5 nitrogen and oxygen atoms in total. The first-order valence-electron chi connectivity index (χ1n) is 9.00. The maximum absolute atomic E-state index is 10.3. The highest BCUT2D eigenvalue weighted by Crippen LogP contribution is 2.28. The third kappa shape index (κ3) is 4.70. The summed E-state index contributed by atoms with van der Waals surface area (Å²) < 4.78 is 16.8. The average Bonchev–Trinajstić information content (AvgIpc) is 2.62. The summed E-state index contributed by atoms with van der Waals surface area (Å²) in [4.78, 5) is 2.40. The molecule has 1 heterocycles. The van der Waals surface area contributed by atoms with E-state index in [2.05, 4.69) is 4.90 Å². The van der Waals surface area contributed by atoms with E-state index in [0.717, 1.165) is 30.9 Å². The van der Waals surface area contributed by atoms with E-state index in [1.807, 2.05) is 24.3 Å². The summed E-state index contributed by atoms with van der Waals surface area (Å²) in [7, 11) is 1.66. The Morgan fingerprint density at radius 3 is 3.08 bits per heavy atom. The van der Waals surface area contributed by atoms with Gasteiger partial charge in [0.15, 0.2) is 0 Å². The smallest absolute Gasteiger partial charge is 0.119 e. The first kappa shape index (κ1) is 17.7. The Balaban J connectivity index is 1.42. The van der Waals surface area contributed by atoms with Gasteiger partial charge >= 0.3 is 0 Å². The van der Waals surface area contributed by atoms with Crippen LogP contribution >= 0.6 is 0 Å². The van der Waals surface area contributed by atoms with Gasteiger partial charge in [0.1, 0.15) is 5.75 Å². The number of ether oxygens (including phenoxy) is 3. The summed E-state index contributed by atoms with van der Waals surface area (Å²) in [6, 6.07) is 8.30.